The monoisotopic (exact) mass is 343 g/mol. The van der Waals surface area contributed by atoms with Crippen LogP contribution in [0.3, 0.4) is 0 Å². The Kier molecular flexibility index (Phi) is 3.93. The summed E-state index contributed by atoms with van der Waals surface area (Å²) in [6, 6.07) is 7.26. The molecule has 0 saturated heterocycles. The summed E-state index contributed by atoms with van der Waals surface area (Å²) in [5.74, 6) is -0.0239. The van der Waals surface area contributed by atoms with Gasteiger partial charge in [0.2, 0.25) is 5.95 Å². The molecule has 8 heteroatoms. The second-order valence-electron chi connectivity index (χ2n) is 5.50. The average Bonchev–Trinajstić information content (AvgIpc) is 3.27. The zero-order chi connectivity index (χ0) is 16.7. The SMILES string of the molecule is OCC1(c2ccccc2Nc2ncc(C(F)(F)F)c(Cl)n2)CC1. The molecule has 1 aromatic heterocycles. The van der Waals surface area contributed by atoms with E-state index >= 15 is 0 Å². The van der Waals surface area contributed by atoms with Crippen molar-refractivity contribution < 1.29 is 18.3 Å². The minimum atomic E-state index is -4.59. The molecule has 23 heavy (non-hydrogen) atoms. The van der Waals surface area contributed by atoms with E-state index in [9.17, 15) is 18.3 Å². The fourth-order valence-electron chi connectivity index (χ4n) is 2.45. The van der Waals surface area contributed by atoms with E-state index in [0.717, 1.165) is 18.4 Å². The molecule has 1 aliphatic rings. The Balaban J connectivity index is 1.91. The lowest BCUT2D eigenvalue weighted by atomic mass is 9.95. The molecular formula is C15H13ClF3N3O. The molecule has 0 amide bonds. The number of benzene rings is 1. The Morgan fingerprint density at radius 1 is 1.26 bits per heavy atom. The molecule has 0 unspecified atom stereocenters. The Morgan fingerprint density at radius 2 is 1.96 bits per heavy atom. The molecule has 2 aromatic rings. The number of aliphatic hydroxyl groups is 1. The Bertz CT molecular complexity index is 732. The normalized spacial score (nSPS) is 16.2. The van der Waals surface area contributed by atoms with Crippen molar-refractivity contribution in [3.05, 3.63) is 46.7 Å². The Morgan fingerprint density at radius 3 is 2.52 bits per heavy atom. The van der Waals surface area contributed by atoms with E-state index < -0.39 is 16.9 Å². The number of aromatic nitrogens is 2. The molecule has 0 bridgehead atoms. The molecule has 3 rings (SSSR count). The highest BCUT2D eigenvalue weighted by atomic mass is 35.5. The van der Waals surface area contributed by atoms with Crippen molar-refractivity contribution in [2.75, 3.05) is 11.9 Å². The lowest BCUT2D eigenvalue weighted by Crippen LogP contribution is -2.15. The molecule has 0 atom stereocenters. The first-order valence-corrected chi connectivity index (χ1v) is 7.31. The van der Waals surface area contributed by atoms with Gasteiger partial charge in [0.25, 0.3) is 0 Å². The fraction of sp³-hybridized carbons (Fsp3) is 0.333. The summed E-state index contributed by atoms with van der Waals surface area (Å²) < 4.78 is 38.0. The van der Waals surface area contributed by atoms with Crippen LogP contribution in [0.4, 0.5) is 24.8 Å². The summed E-state index contributed by atoms with van der Waals surface area (Å²) in [7, 11) is 0. The molecule has 1 saturated carbocycles. The van der Waals surface area contributed by atoms with Crippen LogP contribution in [-0.2, 0) is 11.6 Å². The minimum Gasteiger partial charge on any atom is -0.395 e. The highest BCUT2D eigenvalue weighted by molar-refractivity contribution is 6.30. The zero-order valence-corrected chi connectivity index (χ0v) is 12.6. The van der Waals surface area contributed by atoms with Crippen molar-refractivity contribution in [3.63, 3.8) is 0 Å². The second-order valence-corrected chi connectivity index (χ2v) is 5.86. The van der Waals surface area contributed by atoms with Gasteiger partial charge in [0.1, 0.15) is 10.7 Å². The number of nitrogens with one attached hydrogen (secondary N) is 1. The number of para-hydroxylation sites is 1. The summed E-state index contributed by atoms with van der Waals surface area (Å²) in [4.78, 5) is 7.35. The third kappa shape index (κ3) is 3.11. The topological polar surface area (TPSA) is 58.0 Å². The first kappa shape index (κ1) is 16.0. The molecule has 122 valence electrons. The summed E-state index contributed by atoms with van der Waals surface area (Å²) in [6.07, 6.45) is -2.23. The molecular weight excluding hydrogens is 331 g/mol. The van der Waals surface area contributed by atoms with Crippen LogP contribution in [-0.4, -0.2) is 21.7 Å². The highest BCUT2D eigenvalue weighted by Crippen LogP contribution is 2.50. The number of nitrogens with zero attached hydrogens (tertiary/aromatic N) is 2. The van der Waals surface area contributed by atoms with Gasteiger partial charge in [-0.1, -0.05) is 29.8 Å². The van der Waals surface area contributed by atoms with E-state index in [1.54, 1.807) is 12.1 Å². The van der Waals surface area contributed by atoms with Crippen molar-refractivity contribution in [1.82, 2.24) is 9.97 Å². The number of alkyl halides is 3. The molecule has 4 nitrogen and oxygen atoms in total. The molecule has 2 N–H and O–H groups in total. The number of aliphatic hydroxyl groups excluding tert-OH is 1. The van der Waals surface area contributed by atoms with E-state index in [2.05, 4.69) is 15.3 Å². The van der Waals surface area contributed by atoms with Gasteiger partial charge in [-0.05, 0) is 24.5 Å². The van der Waals surface area contributed by atoms with E-state index in [1.165, 1.54) is 0 Å². The predicted octanol–water partition coefficient (Wildman–Crippen LogP) is 3.92. The molecule has 1 aromatic carbocycles. The zero-order valence-electron chi connectivity index (χ0n) is 11.9. The van der Waals surface area contributed by atoms with Gasteiger partial charge < -0.3 is 10.4 Å². The summed E-state index contributed by atoms with van der Waals surface area (Å²) in [5.41, 5.74) is 0.170. The summed E-state index contributed by atoms with van der Waals surface area (Å²) >= 11 is 5.60. The maximum atomic E-state index is 12.7. The van der Waals surface area contributed by atoms with Crippen LogP contribution in [0.2, 0.25) is 5.15 Å². The Labute approximate surface area is 135 Å². The van der Waals surface area contributed by atoms with E-state index in [1.807, 2.05) is 12.1 Å². The van der Waals surface area contributed by atoms with Gasteiger partial charge >= 0.3 is 6.18 Å². The number of anilines is 2. The maximum Gasteiger partial charge on any atom is 0.420 e. The molecule has 0 radical (unpaired) electrons. The van der Waals surface area contributed by atoms with E-state index in [-0.39, 0.29) is 18.0 Å². The number of halogens is 4. The van der Waals surface area contributed by atoms with Crippen LogP contribution in [0.1, 0.15) is 24.0 Å². The van der Waals surface area contributed by atoms with Crippen LogP contribution >= 0.6 is 11.6 Å². The number of hydrogen-bond acceptors (Lipinski definition) is 4. The van der Waals surface area contributed by atoms with E-state index in [0.29, 0.717) is 11.9 Å². The smallest absolute Gasteiger partial charge is 0.395 e. The summed E-state index contributed by atoms with van der Waals surface area (Å²) in [6.45, 7) is 0.0142. The molecule has 1 aliphatic carbocycles. The van der Waals surface area contributed by atoms with Crippen molar-refractivity contribution in [1.29, 1.82) is 0 Å². The number of hydrogen-bond donors (Lipinski definition) is 2. The number of rotatable bonds is 4. The van der Waals surface area contributed by atoms with Crippen LogP contribution in [0.15, 0.2) is 30.5 Å². The maximum absolute atomic E-state index is 12.7. The standard InChI is InChI=1S/C15H13ClF3N3O/c16-12-10(15(17,18)19)7-20-13(22-12)21-11-4-2-1-3-9(11)14(8-23)5-6-14/h1-4,7,23H,5-6,8H2,(H,20,21,22). The molecule has 1 fully saturated rings. The first-order chi connectivity index (χ1) is 10.9. The first-order valence-electron chi connectivity index (χ1n) is 6.93. The average molecular weight is 344 g/mol. The van der Waals surface area contributed by atoms with E-state index in [4.69, 9.17) is 11.6 Å². The third-order valence-corrected chi connectivity index (χ3v) is 4.24. The van der Waals surface area contributed by atoms with Gasteiger partial charge in [0.05, 0.1) is 6.61 Å². The van der Waals surface area contributed by atoms with Crippen LogP contribution in [0, 0.1) is 0 Å². The summed E-state index contributed by atoms with van der Waals surface area (Å²) in [5, 5.41) is 11.8. The van der Waals surface area contributed by atoms with Crippen LogP contribution in [0.5, 0.6) is 0 Å². The predicted molar refractivity (Wildman–Crippen MR) is 79.8 cm³/mol. The molecule has 0 aliphatic heterocycles. The molecule has 1 heterocycles. The van der Waals surface area contributed by atoms with Gasteiger partial charge in [-0.3, -0.25) is 0 Å². The highest BCUT2D eigenvalue weighted by Gasteiger charge is 2.45. The van der Waals surface area contributed by atoms with Gasteiger partial charge in [-0.25, -0.2) is 9.97 Å². The lowest BCUT2D eigenvalue weighted by Gasteiger charge is -2.18. The van der Waals surface area contributed by atoms with Crippen molar-refractivity contribution in [3.8, 4) is 0 Å². The van der Waals surface area contributed by atoms with Crippen molar-refractivity contribution in [2.24, 2.45) is 0 Å². The van der Waals surface area contributed by atoms with Crippen molar-refractivity contribution >= 4 is 23.2 Å². The largest absolute Gasteiger partial charge is 0.420 e. The van der Waals surface area contributed by atoms with Gasteiger partial charge in [0, 0.05) is 17.3 Å². The lowest BCUT2D eigenvalue weighted by molar-refractivity contribution is -0.137. The minimum absolute atomic E-state index is 0.0142. The molecule has 0 spiro atoms. The van der Waals surface area contributed by atoms with Gasteiger partial charge in [-0.2, -0.15) is 13.2 Å². The fourth-order valence-corrected chi connectivity index (χ4v) is 2.69. The second kappa shape index (κ2) is 5.65. The van der Waals surface area contributed by atoms with Gasteiger partial charge in [0.15, 0.2) is 0 Å². The van der Waals surface area contributed by atoms with Crippen molar-refractivity contribution in [2.45, 2.75) is 24.4 Å². The quantitative estimate of drug-likeness (QED) is 0.826. The third-order valence-electron chi connectivity index (χ3n) is 3.95. The van der Waals surface area contributed by atoms with Crippen LogP contribution in [0.25, 0.3) is 0 Å². The van der Waals surface area contributed by atoms with Gasteiger partial charge in [-0.15, -0.1) is 0 Å². The Hall–Kier alpha value is -1.86. The van der Waals surface area contributed by atoms with Crippen LogP contribution < -0.4 is 5.32 Å².